The molecule has 2 heterocycles. The lowest BCUT2D eigenvalue weighted by atomic mass is 9.74. The average molecular weight is 381 g/mol. The summed E-state index contributed by atoms with van der Waals surface area (Å²) in [4.78, 5) is 26.9. The standard InChI is InChI=1S/C25H19NO3/c27-19-10-12-25(13-11-19)22(16-6-2-1-3-7-16)21-20-9-5-4-8-17(20)14-18-15-29-24(28)26(25)23(18)21/h1-13,18,23H,14-15H2/t18-,23-/m0/s1. The number of cyclic esters (lactones) is 1. The Labute approximate surface area is 168 Å². The fraction of sp³-hybridized carbons (Fsp3) is 0.200. The van der Waals surface area contributed by atoms with Crippen molar-refractivity contribution in [2.24, 2.45) is 5.92 Å². The molecular weight excluding hydrogens is 362 g/mol. The van der Waals surface area contributed by atoms with Gasteiger partial charge in [-0.15, -0.1) is 0 Å². The molecule has 142 valence electrons. The van der Waals surface area contributed by atoms with Crippen molar-refractivity contribution in [1.82, 2.24) is 4.90 Å². The molecule has 0 saturated carbocycles. The molecule has 1 saturated heterocycles. The van der Waals surface area contributed by atoms with E-state index >= 15 is 0 Å². The van der Waals surface area contributed by atoms with Gasteiger partial charge in [-0.25, -0.2) is 4.79 Å². The van der Waals surface area contributed by atoms with Crippen LogP contribution in [-0.4, -0.2) is 35.0 Å². The molecule has 2 aromatic carbocycles. The summed E-state index contributed by atoms with van der Waals surface area (Å²) in [5.41, 5.74) is 4.98. The third-order valence-corrected chi connectivity index (χ3v) is 6.56. The van der Waals surface area contributed by atoms with Gasteiger partial charge in [-0.1, -0.05) is 54.6 Å². The Morgan fingerprint density at radius 2 is 1.66 bits per heavy atom. The van der Waals surface area contributed by atoms with Crippen molar-refractivity contribution >= 4 is 23.0 Å². The summed E-state index contributed by atoms with van der Waals surface area (Å²) in [6.45, 7) is 0.419. The normalized spacial score (nSPS) is 25.9. The largest absolute Gasteiger partial charge is 0.449 e. The van der Waals surface area contributed by atoms with Crippen molar-refractivity contribution in [2.45, 2.75) is 18.0 Å². The van der Waals surface area contributed by atoms with Gasteiger partial charge in [0, 0.05) is 5.92 Å². The monoisotopic (exact) mass is 381 g/mol. The first-order chi connectivity index (χ1) is 14.2. The maximum atomic E-state index is 13.1. The number of fused-ring (bicyclic) bond motifs is 3. The van der Waals surface area contributed by atoms with Gasteiger partial charge < -0.3 is 4.74 Å². The van der Waals surface area contributed by atoms with Crippen molar-refractivity contribution in [2.75, 3.05) is 6.61 Å². The number of benzene rings is 2. The first-order valence-corrected chi connectivity index (χ1v) is 9.96. The zero-order chi connectivity index (χ0) is 19.6. The van der Waals surface area contributed by atoms with Gasteiger partial charge in [-0.05, 0) is 58.6 Å². The predicted molar refractivity (Wildman–Crippen MR) is 110 cm³/mol. The van der Waals surface area contributed by atoms with Crippen LogP contribution in [0.5, 0.6) is 0 Å². The second-order valence-electron chi connectivity index (χ2n) is 8.06. The van der Waals surface area contributed by atoms with Gasteiger partial charge in [0.15, 0.2) is 5.78 Å². The third-order valence-electron chi connectivity index (χ3n) is 6.56. The third kappa shape index (κ3) is 2.14. The van der Waals surface area contributed by atoms with Crippen LogP contribution in [0.15, 0.2) is 78.9 Å². The van der Waals surface area contributed by atoms with E-state index in [4.69, 9.17) is 4.74 Å². The molecule has 2 atom stereocenters. The highest BCUT2D eigenvalue weighted by Gasteiger charge is 2.59. The second-order valence-corrected chi connectivity index (χ2v) is 8.06. The summed E-state index contributed by atoms with van der Waals surface area (Å²) in [6, 6.07) is 18.6. The van der Waals surface area contributed by atoms with Crippen LogP contribution in [0.2, 0.25) is 0 Å². The molecule has 6 rings (SSSR count). The molecular formula is C25H19NO3. The zero-order valence-corrected chi connectivity index (χ0v) is 15.7. The Morgan fingerprint density at radius 3 is 2.45 bits per heavy atom. The summed E-state index contributed by atoms with van der Waals surface area (Å²) >= 11 is 0. The molecule has 1 fully saturated rings. The van der Waals surface area contributed by atoms with E-state index in [1.807, 2.05) is 35.3 Å². The number of hydrogen-bond acceptors (Lipinski definition) is 3. The van der Waals surface area contributed by atoms with Crippen LogP contribution in [0.3, 0.4) is 0 Å². The topological polar surface area (TPSA) is 46.6 Å². The minimum atomic E-state index is -0.817. The van der Waals surface area contributed by atoms with Crippen LogP contribution < -0.4 is 0 Å². The molecule has 0 bridgehead atoms. The number of allylic oxidation sites excluding steroid dienone is 2. The number of nitrogens with zero attached hydrogens (tertiary/aromatic N) is 1. The first-order valence-electron chi connectivity index (χ1n) is 9.96. The maximum Gasteiger partial charge on any atom is 0.411 e. The van der Waals surface area contributed by atoms with E-state index in [1.165, 1.54) is 16.7 Å². The van der Waals surface area contributed by atoms with Gasteiger partial charge >= 0.3 is 6.09 Å². The fourth-order valence-electron chi connectivity index (χ4n) is 5.45. The van der Waals surface area contributed by atoms with Gasteiger partial charge in [-0.2, -0.15) is 0 Å². The van der Waals surface area contributed by atoms with Crippen molar-refractivity contribution in [3.63, 3.8) is 0 Å². The highest BCUT2D eigenvalue weighted by Crippen LogP contribution is 2.56. The Hall–Kier alpha value is -3.40. The second kappa shape index (κ2) is 5.80. The number of ketones is 1. The van der Waals surface area contributed by atoms with Gasteiger partial charge in [0.1, 0.15) is 5.54 Å². The van der Waals surface area contributed by atoms with Gasteiger partial charge in [0.05, 0.1) is 12.6 Å². The van der Waals surface area contributed by atoms with E-state index in [1.54, 1.807) is 12.2 Å². The molecule has 4 heteroatoms. The maximum absolute atomic E-state index is 13.1. The summed E-state index contributed by atoms with van der Waals surface area (Å²) in [6.07, 6.45) is 7.44. The van der Waals surface area contributed by atoms with Crippen molar-refractivity contribution in [1.29, 1.82) is 0 Å². The summed E-state index contributed by atoms with van der Waals surface area (Å²) < 4.78 is 5.64. The highest BCUT2D eigenvalue weighted by molar-refractivity contribution is 6.09. The molecule has 0 aromatic heterocycles. The number of carbonyl (C=O) groups excluding carboxylic acids is 2. The number of carbonyl (C=O) groups is 2. The lowest BCUT2D eigenvalue weighted by Crippen LogP contribution is -2.58. The summed E-state index contributed by atoms with van der Waals surface area (Å²) in [7, 11) is 0. The lowest BCUT2D eigenvalue weighted by Gasteiger charge is -2.46. The Kier molecular flexibility index (Phi) is 3.31. The SMILES string of the molecule is O=C1C=CC2(C=C1)C(c1ccccc1)=C1c3ccccc3C[C@H]3COC(=O)N2[C@H]13. The number of ether oxygens (including phenoxy) is 1. The van der Waals surface area contributed by atoms with Crippen molar-refractivity contribution in [3.8, 4) is 0 Å². The van der Waals surface area contributed by atoms with Crippen LogP contribution >= 0.6 is 0 Å². The number of hydrogen-bond donors (Lipinski definition) is 0. The molecule has 1 amide bonds. The molecule has 4 nitrogen and oxygen atoms in total. The van der Waals surface area contributed by atoms with Crippen LogP contribution in [0, 0.1) is 5.92 Å². The zero-order valence-electron chi connectivity index (χ0n) is 15.7. The number of rotatable bonds is 1. The molecule has 4 aliphatic rings. The van der Waals surface area contributed by atoms with E-state index < -0.39 is 5.54 Å². The molecule has 0 N–H and O–H groups in total. The summed E-state index contributed by atoms with van der Waals surface area (Å²) in [5, 5.41) is 0. The predicted octanol–water partition coefficient (Wildman–Crippen LogP) is 4.04. The molecule has 1 spiro atoms. The van der Waals surface area contributed by atoms with Crippen molar-refractivity contribution in [3.05, 3.63) is 95.6 Å². The average Bonchev–Trinajstić information content (AvgIpc) is 3.06. The van der Waals surface area contributed by atoms with E-state index in [0.717, 1.165) is 17.6 Å². The quantitative estimate of drug-likeness (QED) is 0.749. The van der Waals surface area contributed by atoms with E-state index in [9.17, 15) is 9.59 Å². The highest BCUT2D eigenvalue weighted by atomic mass is 16.6. The van der Waals surface area contributed by atoms with Gasteiger partial charge in [-0.3, -0.25) is 9.69 Å². The van der Waals surface area contributed by atoms with Crippen LogP contribution in [0.4, 0.5) is 4.79 Å². The smallest absolute Gasteiger partial charge is 0.411 e. The van der Waals surface area contributed by atoms with Crippen LogP contribution in [-0.2, 0) is 16.0 Å². The molecule has 2 aromatic rings. The Balaban J connectivity index is 1.73. The fourth-order valence-corrected chi connectivity index (χ4v) is 5.45. The molecule has 2 aliphatic carbocycles. The minimum absolute atomic E-state index is 0.0646. The van der Waals surface area contributed by atoms with E-state index in [2.05, 4.69) is 36.4 Å². The van der Waals surface area contributed by atoms with Crippen LogP contribution in [0.1, 0.15) is 16.7 Å². The lowest BCUT2D eigenvalue weighted by molar-refractivity contribution is -0.110. The molecule has 0 radical (unpaired) electrons. The van der Waals surface area contributed by atoms with Gasteiger partial charge in [0.2, 0.25) is 0 Å². The molecule has 2 aliphatic heterocycles. The van der Waals surface area contributed by atoms with E-state index in [-0.39, 0.29) is 23.8 Å². The number of amides is 1. The molecule has 29 heavy (non-hydrogen) atoms. The Bertz CT molecular complexity index is 1130. The summed E-state index contributed by atoms with van der Waals surface area (Å²) in [5.74, 6) is 0.125. The van der Waals surface area contributed by atoms with Crippen LogP contribution in [0.25, 0.3) is 11.1 Å². The first kappa shape index (κ1) is 16.5. The van der Waals surface area contributed by atoms with E-state index in [0.29, 0.717) is 6.61 Å². The Morgan fingerprint density at radius 1 is 0.931 bits per heavy atom. The van der Waals surface area contributed by atoms with Crippen molar-refractivity contribution < 1.29 is 14.3 Å². The minimum Gasteiger partial charge on any atom is -0.449 e. The van der Waals surface area contributed by atoms with Gasteiger partial charge in [0.25, 0.3) is 0 Å². The molecule has 0 unspecified atom stereocenters.